The van der Waals surface area contributed by atoms with Gasteiger partial charge >= 0.3 is 0 Å². The average Bonchev–Trinajstić information content (AvgIpc) is 3.07. The topological polar surface area (TPSA) is 32.3 Å². The third-order valence-electron chi connectivity index (χ3n) is 3.06. The van der Waals surface area contributed by atoms with Crippen LogP contribution in [0.1, 0.15) is 30.0 Å². The summed E-state index contributed by atoms with van der Waals surface area (Å²) in [7, 11) is 0. The van der Waals surface area contributed by atoms with Gasteiger partial charge in [-0.05, 0) is 38.3 Å². The van der Waals surface area contributed by atoms with Crippen LogP contribution in [0, 0.1) is 18.7 Å². The summed E-state index contributed by atoms with van der Waals surface area (Å²) in [4.78, 5) is 0. The highest BCUT2D eigenvalue weighted by Gasteiger charge is 2.23. The Morgan fingerprint density at radius 3 is 2.88 bits per heavy atom. The van der Waals surface area contributed by atoms with Gasteiger partial charge in [-0.15, -0.1) is 0 Å². The predicted molar refractivity (Wildman–Crippen MR) is 61.7 cm³/mol. The molecule has 1 fully saturated rings. The van der Waals surface area contributed by atoms with Crippen LogP contribution in [0.4, 0.5) is 4.39 Å². The van der Waals surface area contributed by atoms with E-state index in [1.165, 1.54) is 18.9 Å². The lowest BCUT2D eigenvalue weighted by molar-refractivity contribution is 0.240. The van der Waals surface area contributed by atoms with E-state index in [-0.39, 0.29) is 18.5 Å². The zero-order valence-electron chi connectivity index (χ0n) is 9.54. The van der Waals surface area contributed by atoms with Crippen molar-refractivity contribution in [3.8, 4) is 0 Å². The maximum Gasteiger partial charge on any atom is 0.128 e. The van der Waals surface area contributed by atoms with Crippen LogP contribution in [0.15, 0.2) is 18.2 Å². The van der Waals surface area contributed by atoms with Crippen molar-refractivity contribution >= 4 is 0 Å². The molecule has 1 atom stereocenters. The van der Waals surface area contributed by atoms with Crippen molar-refractivity contribution in [2.75, 3.05) is 13.2 Å². The molecule has 1 saturated carbocycles. The van der Waals surface area contributed by atoms with Crippen LogP contribution < -0.4 is 5.32 Å². The molecule has 0 spiro atoms. The van der Waals surface area contributed by atoms with Gasteiger partial charge in [-0.1, -0.05) is 17.7 Å². The van der Waals surface area contributed by atoms with Gasteiger partial charge in [0.05, 0.1) is 12.6 Å². The van der Waals surface area contributed by atoms with Gasteiger partial charge in [-0.25, -0.2) is 4.39 Å². The number of rotatable bonds is 5. The second-order valence-electron chi connectivity index (χ2n) is 4.61. The number of hydrogen-bond donors (Lipinski definition) is 2. The number of hydrogen-bond acceptors (Lipinski definition) is 2. The lowest BCUT2D eigenvalue weighted by Crippen LogP contribution is -2.27. The Hall–Kier alpha value is -0.930. The van der Waals surface area contributed by atoms with Crippen molar-refractivity contribution in [1.82, 2.24) is 5.32 Å². The van der Waals surface area contributed by atoms with Crippen LogP contribution >= 0.6 is 0 Å². The largest absolute Gasteiger partial charge is 0.394 e. The summed E-state index contributed by atoms with van der Waals surface area (Å²) in [5, 5.41) is 12.5. The summed E-state index contributed by atoms with van der Waals surface area (Å²) in [6, 6.07) is 4.73. The molecule has 2 rings (SSSR count). The molecule has 16 heavy (non-hydrogen) atoms. The van der Waals surface area contributed by atoms with Gasteiger partial charge < -0.3 is 10.4 Å². The summed E-state index contributed by atoms with van der Waals surface area (Å²) in [6.07, 6.45) is 2.50. The minimum Gasteiger partial charge on any atom is -0.394 e. The molecule has 1 unspecified atom stereocenters. The molecular formula is C13H18FNO. The first-order chi connectivity index (χ1) is 7.70. The Labute approximate surface area is 95.5 Å². The minimum atomic E-state index is -0.277. The fourth-order valence-corrected chi connectivity index (χ4v) is 1.83. The van der Waals surface area contributed by atoms with Crippen LogP contribution in [0.5, 0.6) is 0 Å². The second kappa shape index (κ2) is 4.93. The highest BCUT2D eigenvalue weighted by atomic mass is 19.1. The van der Waals surface area contributed by atoms with Crippen molar-refractivity contribution in [3.63, 3.8) is 0 Å². The molecule has 0 aliphatic heterocycles. The number of nitrogens with one attached hydrogen (secondary N) is 1. The number of aliphatic hydroxyl groups excluding tert-OH is 1. The molecule has 3 heteroatoms. The van der Waals surface area contributed by atoms with Crippen LogP contribution in [0.25, 0.3) is 0 Å². The van der Waals surface area contributed by atoms with E-state index in [0.717, 1.165) is 18.0 Å². The molecule has 88 valence electrons. The Kier molecular flexibility index (Phi) is 3.56. The van der Waals surface area contributed by atoms with E-state index in [0.29, 0.717) is 5.56 Å². The molecular weight excluding hydrogens is 205 g/mol. The predicted octanol–water partition coefficient (Wildman–Crippen LogP) is 2.17. The van der Waals surface area contributed by atoms with E-state index in [9.17, 15) is 9.50 Å². The summed E-state index contributed by atoms with van der Waals surface area (Å²) in [5.41, 5.74) is 1.59. The quantitative estimate of drug-likeness (QED) is 0.801. The van der Waals surface area contributed by atoms with Gasteiger partial charge in [-0.2, -0.15) is 0 Å². The summed E-state index contributed by atoms with van der Waals surface area (Å²) in [6.45, 7) is 2.74. The van der Waals surface area contributed by atoms with Crippen molar-refractivity contribution in [2.45, 2.75) is 25.8 Å². The zero-order chi connectivity index (χ0) is 11.5. The van der Waals surface area contributed by atoms with Crippen molar-refractivity contribution in [3.05, 3.63) is 35.1 Å². The number of aryl methyl sites for hydroxylation is 1. The fourth-order valence-electron chi connectivity index (χ4n) is 1.83. The molecule has 1 aliphatic rings. The van der Waals surface area contributed by atoms with E-state index < -0.39 is 0 Å². The van der Waals surface area contributed by atoms with Crippen LogP contribution in [0.3, 0.4) is 0 Å². The zero-order valence-corrected chi connectivity index (χ0v) is 9.54. The van der Waals surface area contributed by atoms with E-state index in [2.05, 4.69) is 5.32 Å². The maximum atomic E-state index is 13.6. The molecule has 0 aromatic heterocycles. The van der Waals surface area contributed by atoms with E-state index in [1.54, 1.807) is 12.1 Å². The van der Waals surface area contributed by atoms with Crippen molar-refractivity contribution in [2.24, 2.45) is 5.92 Å². The highest BCUT2D eigenvalue weighted by Crippen LogP contribution is 2.29. The van der Waals surface area contributed by atoms with Crippen LogP contribution in [-0.4, -0.2) is 18.3 Å². The normalized spacial score (nSPS) is 17.4. The SMILES string of the molecule is Cc1ccc(F)c(C(CO)NCC2CC2)c1. The van der Waals surface area contributed by atoms with E-state index in [4.69, 9.17) is 0 Å². The third kappa shape index (κ3) is 2.80. The first kappa shape index (κ1) is 11.6. The first-order valence-electron chi connectivity index (χ1n) is 5.81. The van der Waals surface area contributed by atoms with E-state index >= 15 is 0 Å². The molecule has 0 saturated heterocycles. The Bertz CT molecular complexity index is 363. The second-order valence-corrected chi connectivity index (χ2v) is 4.61. The monoisotopic (exact) mass is 223 g/mol. The van der Waals surface area contributed by atoms with Crippen molar-refractivity contribution in [1.29, 1.82) is 0 Å². The molecule has 0 radical (unpaired) electrons. The van der Waals surface area contributed by atoms with Gasteiger partial charge in [0.25, 0.3) is 0 Å². The van der Waals surface area contributed by atoms with Gasteiger partial charge in [0.1, 0.15) is 5.82 Å². The first-order valence-corrected chi connectivity index (χ1v) is 5.81. The van der Waals surface area contributed by atoms with Gasteiger partial charge in [-0.3, -0.25) is 0 Å². The van der Waals surface area contributed by atoms with E-state index in [1.807, 2.05) is 6.92 Å². The number of halogens is 1. The van der Waals surface area contributed by atoms with Crippen LogP contribution in [0.2, 0.25) is 0 Å². The molecule has 1 aliphatic carbocycles. The lowest BCUT2D eigenvalue weighted by atomic mass is 10.0. The summed E-state index contributed by atoms with van der Waals surface area (Å²) in [5.74, 6) is 0.481. The molecule has 0 bridgehead atoms. The fraction of sp³-hybridized carbons (Fsp3) is 0.538. The minimum absolute atomic E-state index is 0.0624. The van der Waals surface area contributed by atoms with Gasteiger partial charge in [0.15, 0.2) is 0 Å². The van der Waals surface area contributed by atoms with Gasteiger partial charge in [0, 0.05) is 5.56 Å². The Morgan fingerprint density at radius 2 is 2.25 bits per heavy atom. The smallest absolute Gasteiger partial charge is 0.128 e. The van der Waals surface area contributed by atoms with Gasteiger partial charge in [0.2, 0.25) is 0 Å². The molecule has 1 aromatic carbocycles. The lowest BCUT2D eigenvalue weighted by Gasteiger charge is -2.17. The molecule has 0 amide bonds. The van der Waals surface area contributed by atoms with Crippen LogP contribution in [-0.2, 0) is 0 Å². The van der Waals surface area contributed by atoms with Crippen molar-refractivity contribution < 1.29 is 9.50 Å². The highest BCUT2D eigenvalue weighted by molar-refractivity contribution is 5.27. The third-order valence-corrected chi connectivity index (χ3v) is 3.06. The number of aliphatic hydroxyl groups is 1. The number of benzene rings is 1. The molecule has 2 N–H and O–H groups in total. The maximum absolute atomic E-state index is 13.6. The summed E-state index contributed by atoms with van der Waals surface area (Å²) < 4.78 is 13.6. The summed E-state index contributed by atoms with van der Waals surface area (Å²) >= 11 is 0. The molecule has 2 nitrogen and oxygen atoms in total. The Morgan fingerprint density at radius 1 is 1.50 bits per heavy atom. The molecule has 0 heterocycles. The Balaban J connectivity index is 2.07. The average molecular weight is 223 g/mol. The standard InChI is InChI=1S/C13H18FNO/c1-9-2-5-12(14)11(6-9)13(8-16)15-7-10-3-4-10/h2,5-6,10,13,15-16H,3-4,7-8H2,1H3. The molecule has 1 aromatic rings.